The number of thioether (sulfide) groups is 1. The maximum atomic E-state index is 10.9. The van der Waals surface area contributed by atoms with Gasteiger partial charge in [0, 0.05) is 24.5 Å². The van der Waals surface area contributed by atoms with Crippen LogP contribution in [0.25, 0.3) is 0 Å². The van der Waals surface area contributed by atoms with Gasteiger partial charge in [-0.2, -0.15) is 0 Å². The molecule has 0 aromatic carbocycles. The second-order valence-corrected chi connectivity index (χ2v) is 9.57. The maximum absolute atomic E-state index is 10.9. The van der Waals surface area contributed by atoms with E-state index in [4.69, 9.17) is 9.73 Å². The minimum absolute atomic E-state index is 0.178. The average molecular weight is 404 g/mol. The molecular formula is C24H37NO2S. The first-order valence-electron chi connectivity index (χ1n) is 10.6. The summed E-state index contributed by atoms with van der Waals surface area (Å²) in [5, 5.41) is 1.29. The highest BCUT2D eigenvalue weighted by atomic mass is 32.2. The van der Waals surface area contributed by atoms with Crippen molar-refractivity contribution in [2.45, 2.75) is 79.2 Å². The van der Waals surface area contributed by atoms with Crippen LogP contribution in [0.3, 0.4) is 0 Å². The van der Waals surface area contributed by atoms with Crippen LogP contribution in [-0.2, 0) is 9.53 Å². The van der Waals surface area contributed by atoms with Crippen molar-refractivity contribution in [2.75, 3.05) is 12.4 Å². The molecule has 1 aliphatic heterocycles. The lowest BCUT2D eigenvalue weighted by molar-refractivity contribution is -0.141. The Labute approximate surface area is 175 Å². The van der Waals surface area contributed by atoms with E-state index in [2.05, 4.69) is 45.9 Å². The summed E-state index contributed by atoms with van der Waals surface area (Å²) in [6, 6.07) is 0.422. The summed E-state index contributed by atoms with van der Waals surface area (Å²) in [4.78, 5) is 15.9. The third-order valence-electron chi connectivity index (χ3n) is 5.34. The third-order valence-corrected chi connectivity index (χ3v) is 6.59. The van der Waals surface area contributed by atoms with E-state index in [1.165, 1.54) is 35.1 Å². The van der Waals surface area contributed by atoms with Gasteiger partial charge >= 0.3 is 5.97 Å². The predicted octanol–water partition coefficient (Wildman–Crippen LogP) is 6.51. The predicted molar refractivity (Wildman–Crippen MR) is 122 cm³/mol. The summed E-state index contributed by atoms with van der Waals surface area (Å²) in [7, 11) is 0. The van der Waals surface area contributed by atoms with Gasteiger partial charge in [-0.1, -0.05) is 34.9 Å². The van der Waals surface area contributed by atoms with Gasteiger partial charge in [-0.15, -0.1) is 11.8 Å². The number of esters is 1. The zero-order valence-electron chi connectivity index (χ0n) is 18.3. The molecule has 4 heteroatoms. The van der Waals surface area contributed by atoms with Gasteiger partial charge in [0.2, 0.25) is 0 Å². The van der Waals surface area contributed by atoms with E-state index in [1.54, 1.807) is 0 Å². The van der Waals surface area contributed by atoms with Crippen molar-refractivity contribution in [3.05, 3.63) is 34.9 Å². The molecule has 0 N–H and O–H groups in total. The van der Waals surface area contributed by atoms with Gasteiger partial charge < -0.3 is 4.74 Å². The molecule has 0 aromatic rings. The molecule has 0 bridgehead atoms. The zero-order valence-corrected chi connectivity index (χ0v) is 19.1. The van der Waals surface area contributed by atoms with E-state index in [-0.39, 0.29) is 5.97 Å². The molecule has 0 aromatic heterocycles. The molecule has 0 unspecified atom stereocenters. The average Bonchev–Trinajstić information content (AvgIpc) is 3.25. The number of allylic oxidation sites excluding steroid dienone is 5. The minimum atomic E-state index is -0.178. The molecule has 156 valence electrons. The number of hydrogen-bond acceptors (Lipinski definition) is 4. The molecule has 1 fully saturated rings. The van der Waals surface area contributed by atoms with Gasteiger partial charge in [-0.3, -0.25) is 9.79 Å². The van der Waals surface area contributed by atoms with Crippen LogP contribution >= 0.6 is 11.8 Å². The first-order chi connectivity index (χ1) is 13.3. The number of hydrogen-bond donors (Lipinski definition) is 0. The fourth-order valence-corrected chi connectivity index (χ4v) is 4.69. The third kappa shape index (κ3) is 8.81. The van der Waals surface area contributed by atoms with E-state index < -0.39 is 0 Å². The fourth-order valence-electron chi connectivity index (χ4n) is 3.39. The Balaban J connectivity index is 1.66. The molecule has 0 saturated heterocycles. The smallest absolute Gasteiger partial charge is 0.302 e. The van der Waals surface area contributed by atoms with E-state index in [0.717, 1.165) is 37.9 Å². The Morgan fingerprint density at radius 1 is 1.07 bits per heavy atom. The van der Waals surface area contributed by atoms with Gasteiger partial charge in [0.1, 0.15) is 0 Å². The van der Waals surface area contributed by atoms with Gasteiger partial charge in [0.25, 0.3) is 0 Å². The number of rotatable bonds is 11. The van der Waals surface area contributed by atoms with Gasteiger partial charge in [-0.05, 0) is 66.2 Å². The number of carbonyl (C=O) groups is 1. The summed E-state index contributed by atoms with van der Waals surface area (Å²) in [6.45, 7) is 10.9. The SMILES string of the molecule is CC(=O)OC[C@H]1C[C@H]1C1=N[C@H](C/C=C(\C)CC/C=C(\C)CCC=C(C)C)CS1. The molecule has 1 saturated carbocycles. The Kier molecular flexibility index (Phi) is 9.57. The Morgan fingerprint density at radius 2 is 1.75 bits per heavy atom. The van der Waals surface area contributed by atoms with Crippen molar-refractivity contribution >= 4 is 22.8 Å². The van der Waals surface area contributed by atoms with E-state index >= 15 is 0 Å². The maximum Gasteiger partial charge on any atom is 0.302 e. The molecule has 3 nitrogen and oxygen atoms in total. The van der Waals surface area contributed by atoms with Crippen LogP contribution in [0.1, 0.15) is 73.1 Å². The topological polar surface area (TPSA) is 38.7 Å². The molecule has 0 amide bonds. The highest BCUT2D eigenvalue weighted by molar-refractivity contribution is 8.14. The second kappa shape index (κ2) is 11.6. The highest BCUT2D eigenvalue weighted by Gasteiger charge is 2.43. The van der Waals surface area contributed by atoms with Crippen molar-refractivity contribution in [1.82, 2.24) is 0 Å². The molecule has 1 aliphatic carbocycles. The summed E-state index contributed by atoms with van der Waals surface area (Å²) in [6.07, 6.45) is 13.9. The van der Waals surface area contributed by atoms with Crippen molar-refractivity contribution < 1.29 is 9.53 Å². The first-order valence-corrected chi connectivity index (χ1v) is 11.6. The lowest BCUT2D eigenvalue weighted by Gasteiger charge is -2.04. The summed E-state index contributed by atoms with van der Waals surface area (Å²) in [5.41, 5.74) is 4.38. The lowest BCUT2D eigenvalue weighted by atomic mass is 10.1. The molecule has 1 heterocycles. The number of ether oxygens (including phenoxy) is 1. The Hall–Kier alpha value is -1.29. The van der Waals surface area contributed by atoms with Gasteiger partial charge in [-0.25, -0.2) is 0 Å². The van der Waals surface area contributed by atoms with E-state index in [0.29, 0.717) is 24.5 Å². The summed E-state index contributed by atoms with van der Waals surface area (Å²) >= 11 is 1.91. The van der Waals surface area contributed by atoms with E-state index in [1.807, 2.05) is 11.8 Å². The van der Waals surface area contributed by atoms with Gasteiger partial charge in [0.15, 0.2) is 0 Å². The standard InChI is InChI=1S/C24H37NO2S/c1-17(2)8-6-9-18(3)10-7-11-19(4)12-13-22-16-28-24(25-22)23-14-21(23)15-27-20(5)26/h8,10,12,21-23H,6-7,9,11,13-16H2,1-5H3/b18-10+,19-12+/t21-,22-,23-/m1/s1. The second-order valence-electron chi connectivity index (χ2n) is 8.53. The lowest BCUT2D eigenvalue weighted by Crippen LogP contribution is -2.05. The van der Waals surface area contributed by atoms with Crippen LogP contribution < -0.4 is 0 Å². The van der Waals surface area contributed by atoms with Crippen LogP contribution in [0, 0.1) is 11.8 Å². The first kappa shape index (κ1) is 23.0. The Bertz CT molecular complexity index is 656. The fraction of sp³-hybridized carbons (Fsp3) is 0.667. The molecule has 0 radical (unpaired) electrons. The van der Waals surface area contributed by atoms with Crippen molar-refractivity contribution in [2.24, 2.45) is 16.8 Å². The Morgan fingerprint density at radius 3 is 2.43 bits per heavy atom. The molecule has 0 spiro atoms. The number of aliphatic imine (C=N–C) groups is 1. The summed E-state index contributed by atoms with van der Waals surface area (Å²) < 4.78 is 5.13. The normalized spacial score (nSPS) is 24.8. The van der Waals surface area contributed by atoms with Crippen molar-refractivity contribution in [1.29, 1.82) is 0 Å². The van der Waals surface area contributed by atoms with Crippen LogP contribution in [-0.4, -0.2) is 29.4 Å². The minimum Gasteiger partial charge on any atom is -0.466 e. The molecule has 28 heavy (non-hydrogen) atoms. The largest absolute Gasteiger partial charge is 0.466 e. The van der Waals surface area contributed by atoms with Crippen LogP contribution in [0.2, 0.25) is 0 Å². The molecule has 2 rings (SSSR count). The van der Waals surface area contributed by atoms with Crippen LogP contribution in [0.4, 0.5) is 0 Å². The molecule has 3 atom stereocenters. The highest BCUT2D eigenvalue weighted by Crippen LogP contribution is 2.45. The number of carbonyl (C=O) groups excluding carboxylic acids is 1. The zero-order chi connectivity index (χ0) is 20.5. The van der Waals surface area contributed by atoms with E-state index in [9.17, 15) is 4.79 Å². The monoisotopic (exact) mass is 403 g/mol. The van der Waals surface area contributed by atoms with Crippen LogP contribution in [0.15, 0.2) is 39.9 Å². The molecular weight excluding hydrogens is 366 g/mol. The quantitative estimate of drug-likeness (QED) is 0.291. The summed E-state index contributed by atoms with van der Waals surface area (Å²) in [5.74, 6) is 1.96. The van der Waals surface area contributed by atoms with Crippen molar-refractivity contribution in [3.63, 3.8) is 0 Å². The van der Waals surface area contributed by atoms with Crippen LogP contribution in [0.5, 0.6) is 0 Å². The van der Waals surface area contributed by atoms with Crippen molar-refractivity contribution in [3.8, 4) is 0 Å². The molecule has 2 aliphatic rings. The van der Waals surface area contributed by atoms with Gasteiger partial charge in [0.05, 0.1) is 17.7 Å². The number of nitrogens with zero attached hydrogens (tertiary/aromatic N) is 1.